The molecule has 3 unspecified atom stereocenters. The van der Waals surface area contributed by atoms with Gasteiger partial charge in [0.15, 0.2) is 5.06 Å². The second-order valence-corrected chi connectivity index (χ2v) is 10.6. The fourth-order valence-corrected chi connectivity index (χ4v) is 5.35. The van der Waals surface area contributed by atoms with Crippen LogP contribution in [-0.2, 0) is 9.53 Å². The molecule has 31 heavy (non-hydrogen) atoms. The first-order valence-electron chi connectivity index (χ1n) is 9.55. The molecular weight excluding hydrogens is 554 g/mol. The molecule has 3 atom stereocenters. The maximum Gasteiger partial charge on any atom is 0.414 e. The van der Waals surface area contributed by atoms with Gasteiger partial charge in [-0.2, -0.15) is 0 Å². The Labute approximate surface area is 199 Å². The highest BCUT2D eigenvalue weighted by molar-refractivity contribution is 9.11. The van der Waals surface area contributed by atoms with Crippen molar-refractivity contribution in [2.75, 3.05) is 23.0 Å². The largest absolute Gasteiger partial charge is 0.447 e. The molecule has 3 amide bonds. The monoisotopic (exact) mass is 571 g/mol. The average molecular weight is 573 g/mol. The first-order valence-corrected chi connectivity index (χ1v) is 12.0. The smallest absolute Gasteiger partial charge is 0.414 e. The molecule has 1 aromatic heterocycles. The summed E-state index contributed by atoms with van der Waals surface area (Å²) in [7, 11) is 0. The molecule has 4 rings (SSSR count). The Morgan fingerprint density at radius 3 is 2.61 bits per heavy atom. The zero-order chi connectivity index (χ0) is 22.3. The number of amides is 3. The van der Waals surface area contributed by atoms with E-state index in [0.717, 1.165) is 3.79 Å². The third-order valence-corrected chi connectivity index (χ3v) is 7.41. The highest BCUT2D eigenvalue weighted by Gasteiger charge is 2.40. The maximum absolute atomic E-state index is 12.8. The van der Waals surface area contributed by atoms with Crippen molar-refractivity contribution in [3.8, 4) is 5.06 Å². The Bertz CT molecular complexity index is 1050. The van der Waals surface area contributed by atoms with Gasteiger partial charge in [0, 0.05) is 16.7 Å². The summed E-state index contributed by atoms with van der Waals surface area (Å²) in [5.41, 5.74) is 1.35. The van der Waals surface area contributed by atoms with Crippen molar-refractivity contribution in [3.63, 3.8) is 0 Å². The molecule has 8 nitrogen and oxygen atoms in total. The lowest BCUT2D eigenvalue weighted by atomic mass is 10.1. The summed E-state index contributed by atoms with van der Waals surface area (Å²) >= 11 is 8.13. The third-order valence-electron chi connectivity index (χ3n) is 5.27. The van der Waals surface area contributed by atoms with Crippen molar-refractivity contribution >= 4 is 72.7 Å². The number of anilines is 2. The third kappa shape index (κ3) is 4.44. The lowest BCUT2D eigenvalue weighted by Crippen LogP contribution is -2.41. The van der Waals surface area contributed by atoms with Gasteiger partial charge in [0.25, 0.3) is 0 Å². The molecule has 0 bridgehead atoms. The zero-order valence-corrected chi connectivity index (χ0v) is 20.6. The number of hydrogen-bond acceptors (Lipinski definition) is 6. The summed E-state index contributed by atoms with van der Waals surface area (Å²) in [4.78, 5) is 40.3. The van der Waals surface area contributed by atoms with Crippen LogP contribution in [0.15, 0.2) is 38.6 Å². The van der Waals surface area contributed by atoms with E-state index >= 15 is 0 Å². The van der Waals surface area contributed by atoms with Crippen molar-refractivity contribution in [2.24, 2.45) is 5.92 Å². The minimum atomic E-state index is -0.598. The van der Waals surface area contributed by atoms with Crippen LogP contribution in [0.4, 0.5) is 21.0 Å². The summed E-state index contributed by atoms with van der Waals surface area (Å²) in [6.07, 6.45) is -0.994. The van der Waals surface area contributed by atoms with Crippen LogP contribution >= 0.6 is 43.2 Å². The van der Waals surface area contributed by atoms with E-state index in [2.05, 4.69) is 37.2 Å². The Balaban J connectivity index is 1.46. The normalized spacial score (nSPS) is 23.3. The van der Waals surface area contributed by atoms with Crippen LogP contribution in [0.3, 0.4) is 0 Å². The van der Waals surface area contributed by atoms with Gasteiger partial charge in [-0.25, -0.2) is 9.59 Å². The molecular formula is C20H19Br2N3O5S. The predicted octanol–water partition coefficient (Wildman–Crippen LogP) is 4.76. The van der Waals surface area contributed by atoms with Crippen LogP contribution in [0.25, 0.3) is 0 Å². The van der Waals surface area contributed by atoms with E-state index < -0.39 is 24.1 Å². The van der Waals surface area contributed by atoms with Gasteiger partial charge in [0.2, 0.25) is 5.91 Å². The summed E-state index contributed by atoms with van der Waals surface area (Å²) < 4.78 is 11.9. The van der Waals surface area contributed by atoms with Gasteiger partial charge < -0.3 is 19.7 Å². The van der Waals surface area contributed by atoms with Gasteiger partial charge in [0.1, 0.15) is 6.61 Å². The molecule has 2 fully saturated rings. The van der Waals surface area contributed by atoms with Crippen molar-refractivity contribution in [3.05, 3.63) is 38.6 Å². The number of ether oxygens (including phenoxy) is 2. The first kappa shape index (κ1) is 22.1. The van der Waals surface area contributed by atoms with Gasteiger partial charge in [-0.3, -0.25) is 9.69 Å². The lowest BCUT2D eigenvalue weighted by Gasteiger charge is -2.22. The minimum absolute atomic E-state index is 0.0772. The average Bonchev–Trinajstić information content (AvgIpc) is 3.36. The van der Waals surface area contributed by atoms with Crippen LogP contribution in [0.5, 0.6) is 5.06 Å². The molecule has 2 aliphatic rings. The van der Waals surface area contributed by atoms with E-state index in [4.69, 9.17) is 9.47 Å². The maximum atomic E-state index is 12.8. The number of carbonyl (C=O) groups is 3. The van der Waals surface area contributed by atoms with Gasteiger partial charge in [0.05, 0.1) is 27.5 Å². The number of nitrogens with one attached hydrogen (secondary N) is 1. The van der Waals surface area contributed by atoms with Crippen LogP contribution < -0.4 is 19.9 Å². The number of carbonyl (C=O) groups excluding carboxylic acids is 3. The van der Waals surface area contributed by atoms with Gasteiger partial charge in [-0.15, -0.1) is 0 Å². The Kier molecular flexibility index (Phi) is 6.27. The van der Waals surface area contributed by atoms with Crippen LogP contribution in [0.1, 0.15) is 13.8 Å². The van der Waals surface area contributed by atoms with E-state index in [1.165, 1.54) is 11.3 Å². The van der Waals surface area contributed by atoms with Gasteiger partial charge in [-0.05, 0) is 69.1 Å². The van der Waals surface area contributed by atoms with Crippen molar-refractivity contribution in [1.29, 1.82) is 0 Å². The van der Waals surface area contributed by atoms with Crippen molar-refractivity contribution in [2.45, 2.75) is 25.9 Å². The number of hydrogen-bond donors (Lipinski definition) is 1. The topological polar surface area (TPSA) is 88.2 Å². The molecule has 1 aromatic carbocycles. The zero-order valence-electron chi connectivity index (χ0n) is 16.6. The second kappa shape index (κ2) is 8.79. The Morgan fingerprint density at radius 1 is 1.23 bits per heavy atom. The highest BCUT2D eigenvalue weighted by atomic mass is 79.9. The van der Waals surface area contributed by atoms with Crippen LogP contribution in [0.2, 0.25) is 0 Å². The number of rotatable bonds is 4. The molecule has 2 aliphatic heterocycles. The number of halogens is 2. The second-order valence-electron chi connectivity index (χ2n) is 7.37. The predicted molar refractivity (Wildman–Crippen MR) is 124 cm³/mol. The van der Waals surface area contributed by atoms with E-state index in [-0.39, 0.29) is 11.9 Å². The molecule has 164 valence electrons. The van der Waals surface area contributed by atoms with E-state index in [1.807, 2.05) is 6.92 Å². The SMILES string of the molecule is CC1C(=O)N(c2ccc(N3C(=O)OCC3C)c(Br)c2)CC1NC(=O)Oc1ccc(Br)s1. The number of nitrogens with zero attached hydrogens (tertiary/aromatic N) is 2. The number of thiophene rings is 1. The number of benzene rings is 1. The summed E-state index contributed by atoms with van der Waals surface area (Å²) in [6.45, 7) is 4.33. The highest BCUT2D eigenvalue weighted by Crippen LogP contribution is 2.36. The summed E-state index contributed by atoms with van der Waals surface area (Å²) in [5, 5.41) is 3.25. The first-order chi connectivity index (χ1) is 14.7. The number of cyclic esters (lactones) is 1. The molecule has 3 heterocycles. The molecule has 11 heteroatoms. The van der Waals surface area contributed by atoms with Crippen molar-refractivity contribution < 1.29 is 23.9 Å². The van der Waals surface area contributed by atoms with Crippen molar-refractivity contribution in [1.82, 2.24) is 5.32 Å². The molecule has 2 saturated heterocycles. The molecule has 0 saturated carbocycles. The molecule has 0 aliphatic carbocycles. The summed E-state index contributed by atoms with van der Waals surface area (Å²) in [5.74, 6) is -0.507. The van der Waals surface area contributed by atoms with Crippen LogP contribution in [0, 0.1) is 5.92 Å². The van der Waals surface area contributed by atoms with Crippen LogP contribution in [-0.4, -0.2) is 43.3 Å². The summed E-state index contributed by atoms with van der Waals surface area (Å²) in [6, 6.07) is 8.38. The Morgan fingerprint density at radius 2 is 2.00 bits per heavy atom. The lowest BCUT2D eigenvalue weighted by molar-refractivity contribution is -0.120. The van der Waals surface area contributed by atoms with Gasteiger partial charge in [-0.1, -0.05) is 18.3 Å². The fraction of sp³-hybridized carbons (Fsp3) is 0.350. The molecule has 1 N–H and O–H groups in total. The Hall–Kier alpha value is -2.11. The molecule has 0 radical (unpaired) electrons. The van der Waals surface area contributed by atoms with E-state index in [9.17, 15) is 14.4 Å². The standard InChI is InChI=1S/C20H19Br2N3O5S/c1-10-9-29-20(28)25(10)15-4-3-12(7-13(15)21)24-8-14(11(2)18(24)26)23-19(27)30-17-6-5-16(22)31-17/h3-7,10-11,14H,8-9H2,1-2H3,(H,23,27). The minimum Gasteiger partial charge on any atom is -0.447 e. The molecule has 0 spiro atoms. The van der Waals surface area contributed by atoms with E-state index in [0.29, 0.717) is 34.1 Å². The van der Waals surface area contributed by atoms with Gasteiger partial charge >= 0.3 is 12.2 Å². The molecule has 2 aromatic rings. The van der Waals surface area contributed by atoms with E-state index in [1.54, 1.807) is 47.1 Å². The quantitative estimate of drug-likeness (QED) is 0.571. The fourth-order valence-electron chi connectivity index (χ4n) is 3.60.